The van der Waals surface area contributed by atoms with Crippen LogP contribution in [0.25, 0.3) is 0 Å². The Morgan fingerprint density at radius 1 is 1.45 bits per heavy atom. The molecule has 3 nitrogen and oxygen atoms in total. The number of carbonyl (C=O) groups is 1. The SMILES string of the molecule is O=C(O)[C@@]12C3CNC[C@H]1C2C3. The maximum Gasteiger partial charge on any atom is 0.310 e. The Labute approximate surface area is 64.8 Å². The molecular formula is C8H11NO2. The van der Waals surface area contributed by atoms with E-state index in [9.17, 15) is 4.79 Å². The van der Waals surface area contributed by atoms with Crippen molar-refractivity contribution in [3.05, 3.63) is 0 Å². The zero-order valence-electron chi connectivity index (χ0n) is 6.21. The highest BCUT2D eigenvalue weighted by Gasteiger charge is 2.80. The number of nitrogens with one attached hydrogen (secondary N) is 1. The van der Waals surface area contributed by atoms with Crippen LogP contribution in [0.5, 0.6) is 0 Å². The van der Waals surface area contributed by atoms with Crippen molar-refractivity contribution in [2.75, 3.05) is 13.1 Å². The van der Waals surface area contributed by atoms with E-state index in [1.807, 2.05) is 0 Å². The van der Waals surface area contributed by atoms with Gasteiger partial charge in [-0.25, -0.2) is 0 Å². The zero-order chi connectivity index (χ0) is 7.64. The van der Waals surface area contributed by atoms with Crippen molar-refractivity contribution in [2.24, 2.45) is 23.2 Å². The fraction of sp³-hybridized carbons (Fsp3) is 0.875. The summed E-state index contributed by atoms with van der Waals surface area (Å²) in [4.78, 5) is 10.9. The van der Waals surface area contributed by atoms with Gasteiger partial charge < -0.3 is 10.4 Å². The number of rotatable bonds is 1. The number of hydrogen-bond donors (Lipinski definition) is 2. The van der Waals surface area contributed by atoms with E-state index in [-0.39, 0.29) is 5.41 Å². The van der Waals surface area contributed by atoms with Crippen LogP contribution in [0.2, 0.25) is 0 Å². The minimum atomic E-state index is -0.537. The molecule has 0 amide bonds. The van der Waals surface area contributed by atoms with Crippen LogP contribution in [0.15, 0.2) is 0 Å². The van der Waals surface area contributed by atoms with Gasteiger partial charge in [-0.05, 0) is 37.3 Å². The average Bonchev–Trinajstić information content (AvgIpc) is 2.52. The first kappa shape index (κ1) is 6.00. The number of carboxylic acid groups (broad SMARTS) is 1. The second kappa shape index (κ2) is 1.46. The lowest BCUT2D eigenvalue weighted by atomic mass is 9.72. The summed E-state index contributed by atoms with van der Waals surface area (Å²) in [6.07, 6.45) is 1.16. The maximum absolute atomic E-state index is 10.9. The Morgan fingerprint density at radius 2 is 2.27 bits per heavy atom. The minimum Gasteiger partial charge on any atom is -0.481 e. The average molecular weight is 153 g/mol. The molecule has 0 radical (unpaired) electrons. The topological polar surface area (TPSA) is 49.3 Å². The van der Waals surface area contributed by atoms with Crippen LogP contribution in [-0.2, 0) is 4.79 Å². The highest BCUT2D eigenvalue weighted by molar-refractivity contribution is 5.82. The van der Waals surface area contributed by atoms with Gasteiger partial charge in [-0.15, -0.1) is 0 Å². The van der Waals surface area contributed by atoms with Crippen LogP contribution >= 0.6 is 0 Å². The lowest BCUT2D eigenvalue weighted by molar-refractivity contribution is -0.151. The summed E-state index contributed by atoms with van der Waals surface area (Å²) in [7, 11) is 0. The number of hydrogen-bond acceptors (Lipinski definition) is 2. The Bertz CT molecular complexity index is 229. The van der Waals surface area contributed by atoms with Gasteiger partial charge in [0.15, 0.2) is 0 Å². The van der Waals surface area contributed by atoms with E-state index < -0.39 is 5.97 Å². The Morgan fingerprint density at radius 3 is 2.82 bits per heavy atom. The molecule has 11 heavy (non-hydrogen) atoms. The standard InChI is InChI=1S/C8H11NO2/c10-7(11)8-4-1-5(8)6(8)3-9-2-4/h4-6,9H,1-3H2,(H,10,11)/t4?,5?,6-,8+/m0/s1. The number of piperidine rings is 1. The van der Waals surface area contributed by atoms with Crippen LogP contribution in [0.1, 0.15) is 6.42 Å². The fourth-order valence-electron chi connectivity index (χ4n) is 3.34. The molecule has 1 aliphatic heterocycles. The predicted octanol–water partition coefficient (Wildman–Crippen LogP) is -0.0735. The van der Waals surface area contributed by atoms with E-state index in [1.54, 1.807) is 0 Å². The van der Waals surface area contributed by atoms with Gasteiger partial charge in [-0.2, -0.15) is 0 Å². The predicted molar refractivity (Wildman–Crippen MR) is 38.0 cm³/mol. The zero-order valence-corrected chi connectivity index (χ0v) is 6.21. The van der Waals surface area contributed by atoms with E-state index in [0.29, 0.717) is 17.8 Å². The van der Waals surface area contributed by atoms with Crippen LogP contribution < -0.4 is 5.32 Å². The molecule has 0 aromatic rings. The largest absolute Gasteiger partial charge is 0.481 e. The minimum absolute atomic E-state index is 0.245. The smallest absolute Gasteiger partial charge is 0.310 e. The van der Waals surface area contributed by atoms with Crippen LogP contribution in [0.4, 0.5) is 0 Å². The summed E-state index contributed by atoms with van der Waals surface area (Å²) in [6.45, 7) is 1.87. The summed E-state index contributed by atoms with van der Waals surface area (Å²) >= 11 is 0. The molecule has 0 aromatic carbocycles. The summed E-state index contributed by atoms with van der Waals surface area (Å²) < 4.78 is 0. The summed E-state index contributed by atoms with van der Waals surface area (Å²) in [5.41, 5.74) is -0.245. The molecule has 60 valence electrons. The first-order valence-electron chi connectivity index (χ1n) is 4.22. The van der Waals surface area contributed by atoms with Gasteiger partial charge in [-0.1, -0.05) is 0 Å². The van der Waals surface area contributed by atoms with Gasteiger partial charge in [0.1, 0.15) is 0 Å². The van der Waals surface area contributed by atoms with Gasteiger partial charge in [0.25, 0.3) is 0 Å². The quantitative estimate of drug-likeness (QED) is 0.554. The third-order valence-corrected chi connectivity index (χ3v) is 3.94. The lowest BCUT2D eigenvalue weighted by Gasteiger charge is -2.35. The first-order chi connectivity index (χ1) is 5.28. The molecule has 3 heteroatoms. The molecule has 2 saturated carbocycles. The lowest BCUT2D eigenvalue weighted by Crippen LogP contribution is -2.45. The van der Waals surface area contributed by atoms with Crippen molar-refractivity contribution >= 4 is 5.97 Å². The molecular weight excluding hydrogens is 142 g/mol. The van der Waals surface area contributed by atoms with Crippen LogP contribution in [0.3, 0.4) is 0 Å². The molecule has 3 aliphatic rings. The Balaban J connectivity index is 1.98. The Kier molecular flexibility index (Phi) is 0.796. The van der Waals surface area contributed by atoms with Crippen molar-refractivity contribution in [3.8, 4) is 0 Å². The van der Waals surface area contributed by atoms with Crippen molar-refractivity contribution in [1.29, 1.82) is 0 Å². The van der Waals surface area contributed by atoms with E-state index in [2.05, 4.69) is 5.32 Å². The molecule has 0 aromatic heterocycles. The van der Waals surface area contributed by atoms with Crippen LogP contribution in [-0.4, -0.2) is 24.2 Å². The summed E-state index contributed by atoms with van der Waals surface area (Å²) in [5.74, 6) is 0.910. The highest BCUT2D eigenvalue weighted by Crippen LogP contribution is 2.76. The molecule has 1 heterocycles. The monoisotopic (exact) mass is 153 g/mol. The van der Waals surface area contributed by atoms with Gasteiger partial charge in [0.2, 0.25) is 0 Å². The number of carboxylic acids is 1. The number of fused-ring (bicyclic) bond motifs is 1. The second-order valence-electron chi connectivity index (χ2n) is 4.04. The van der Waals surface area contributed by atoms with Gasteiger partial charge in [-0.3, -0.25) is 4.79 Å². The summed E-state index contributed by atoms with van der Waals surface area (Å²) in [5, 5.41) is 12.3. The molecule has 3 rings (SSSR count). The van der Waals surface area contributed by atoms with E-state index in [1.165, 1.54) is 0 Å². The molecule has 1 saturated heterocycles. The molecule has 4 atom stereocenters. The Hall–Kier alpha value is -0.570. The number of aliphatic carboxylic acids is 1. The van der Waals surface area contributed by atoms with Gasteiger partial charge in [0.05, 0.1) is 5.41 Å². The molecule has 0 bridgehead atoms. The fourth-order valence-corrected chi connectivity index (χ4v) is 3.34. The molecule has 2 aliphatic carbocycles. The molecule has 3 fully saturated rings. The van der Waals surface area contributed by atoms with Gasteiger partial charge >= 0.3 is 5.97 Å². The van der Waals surface area contributed by atoms with Crippen molar-refractivity contribution < 1.29 is 9.90 Å². The third kappa shape index (κ3) is 0.415. The normalized spacial score (nSPS) is 57.6. The van der Waals surface area contributed by atoms with Crippen molar-refractivity contribution in [3.63, 3.8) is 0 Å². The van der Waals surface area contributed by atoms with Crippen LogP contribution in [0, 0.1) is 23.2 Å². The van der Waals surface area contributed by atoms with Gasteiger partial charge in [0, 0.05) is 0 Å². The third-order valence-electron chi connectivity index (χ3n) is 3.94. The highest BCUT2D eigenvalue weighted by atomic mass is 16.4. The van der Waals surface area contributed by atoms with E-state index in [0.717, 1.165) is 19.5 Å². The summed E-state index contributed by atoms with van der Waals surface area (Å²) in [6, 6.07) is 0. The van der Waals surface area contributed by atoms with Crippen molar-refractivity contribution in [1.82, 2.24) is 5.32 Å². The second-order valence-corrected chi connectivity index (χ2v) is 4.04. The maximum atomic E-state index is 10.9. The molecule has 0 spiro atoms. The molecule has 2 N–H and O–H groups in total. The van der Waals surface area contributed by atoms with E-state index >= 15 is 0 Å². The first-order valence-corrected chi connectivity index (χ1v) is 4.22. The molecule has 2 unspecified atom stereocenters. The van der Waals surface area contributed by atoms with E-state index in [4.69, 9.17) is 5.11 Å². The van der Waals surface area contributed by atoms with Crippen molar-refractivity contribution in [2.45, 2.75) is 6.42 Å².